The number of carbonyl (C=O) groups is 3. The Kier molecular flexibility index (Phi) is 50.5. The molecule has 0 aliphatic carbocycles. The third kappa shape index (κ3) is 51.1. The molecule has 1 atom stereocenters. The highest BCUT2D eigenvalue weighted by atomic mass is 16.6. The van der Waals surface area contributed by atoms with Crippen LogP contribution in [0.15, 0.2) is 109 Å². The number of ether oxygens (including phenoxy) is 3. The van der Waals surface area contributed by atoms with E-state index in [2.05, 4.69) is 130 Å². The van der Waals surface area contributed by atoms with E-state index >= 15 is 0 Å². The van der Waals surface area contributed by atoms with Crippen molar-refractivity contribution in [2.45, 2.75) is 239 Å². The lowest BCUT2D eigenvalue weighted by Crippen LogP contribution is -2.30. The Morgan fingerprint density at radius 3 is 0.955 bits per heavy atom. The monoisotopic (exact) mass is 915 g/mol. The lowest BCUT2D eigenvalue weighted by atomic mass is 10.1. The summed E-state index contributed by atoms with van der Waals surface area (Å²) in [6, 6.07) is 0. The second-order valence-corrected chi connectivity index (χ2v) is 17.4. The van der Waals surface area contributed by atoms with Crippen LogP contribution in [0.2, 0.25) is 0 Å². The van der Waals surface area contributed by atoms with Crippen LogP contribution in [-0.2, 0) is 28.6 Å². The molecule has 0 N–H and O–H groups in total. The number of rotatable bonds is 47. The first-order valence-electron chi connectivity index (χ1n) is 26.9. The van der Waals surface area contributed by atoms with E-state index < -0.39 is 6.10 Å². The van der Waals surface area contributed by atoms with Gasteiger partial charge in [-0.1, -0.05) is 214 Å². The van der Waals surface area contributed by atoms with Crippen LogP contribution in [-0.4, -0.2) is 37.2 Å². The molecule has 66 heavy (non-hydrogen) atoms. The number of hydrogen-bond donors (Lipinski definition) is 0. The molecule has 0 saturated heterocycles. The zero-order valence-corrected chi connectivity index (χ0v) is 42.7. The standard InChI is InChI=1S/C60H98O6/c1-4-7-10-13-15-17-19-21-23-25-27-28-29-30-31-32-33-35-36-38-40-42-44-47-50-53-59(62)65-56-57(55-64-58(61)52-49-46-12-9-6-3)66-60(63)54-51-48-45-43-41-39-37-34-26-24-22-20-18-16-14-11-8-5-2/h7,10,15,17-18,20-21,23-24,26-28,30-31,33,35,38,40,57H,4-6,8-9,11-14,16,19,22,25,29,32,34,36-37,39,41-56H2,1-3H3/b10-7-,17-15-,20-18-,23-21-,26-24-,28-27-,31-30-,35-33-,40-38-. The summed E-state index contributed by atoms with van der Waals surface area (Å²) >= 11 is 0. The zero-order valence-electron chi connectivity index (χ0n) is 42.7. The fraction of sp³-hybridized carbons (Fsp3) is 0.650. The van der Waals surface area contributed by atoms with Crippen LogP contribution in [0.5, 0.6) is 0 Å². The molecular weight excluding hydrogens is 817 g/mol. The smallest absolute Gasteiger partial charge is 0.306 e. The maximum Gasteiger partial charge on any atom is 0.306 e. The SMILES string of the molecule is CC/C=C\C/C=C\C/C=C\C/C=C\C/C=C\C/C=C\C/C=C\CCCCCC(=O)OCC(COC(=O)CCCCCCC)OC(=O)CCCCCCCCC/C=C\C/C=C\CCCCCC. The Morgan fingerprint density at radius 1 is 0.318 bits per heavy atom. The van der Waals surface area contributed by atoms with Crippen LogP contribution in [0, 0.1) is 0 Å². The normalized spacial score (nSPS) is 13.0. The van der Waals surface area contributed by atoms with Gasteiger partial charge in [0.15, 0.2) is 6.10 Å². The highest BCUT2D eigenvalue weighted by Crippen LogP contribution is 2.13. The molecule has 0 fully saturated rings. The van der Waals surface area contributed by atoms with Crippen molar-refractivity contribution in [1.82, 2.24) is 0 Å². The highest BCUT2D eigenvalue weighted by Gasteiger charge is 2.19. The first-order chi connectivity index (χ1) is 32.5. The van der Waals surface area contributed by atoms with E-state index in [-0.39, 0.29) is 31.1 Å². The van der Waals surface area contributed by atoms with E-state index in [1.807, 2.05) is 0 Å². The summed E-state index contributed by atoms with van der Waals surface area (Å²) in [6.45, 7) is 6.38. The zero-order chi connectivity index (χ0) is 47.9. The molecule has 6 nitrogen and oxygen atoms in total. The molecule has 0 radical (unpaired) electrons. The highest BCUT2D eigenvalue weighted by molar-refractivity contribution is 5.71. The molecule has 1 unspecified atom stereocenters. The minimum absolute atomic E-state index is 0.0945. The minimum atomic E-state index is -0.794. The van der Waals surface area contributed by atoms with Crippen LogP contribution < -0.4 is 0 Å². The van der Waals surface area contributed by atoms with Crippen LogP contribution >= 0.6 is 0 Å². The van der Waals surface area contributed by atoms with Gasteiger partial charge in [-0.25, -0.2) is 0 Å². The summed E-state index contributed by atoms with van der Waals surface area (Å²) < 4.78 is 16.7. The number of hydrogen-bond acceptors (Lipinski definition) is 6. The van der Waals surface area contributed by atoms with E-state index in [1.54, 1.807) is 0 Å². The minimum Gasteiger partial charge on any atom is -0.462 e. The lowest BCUT2D eigenvalue weighted by Gasteiger charge is -2.18. The topological polar surface area (TPSA) is 78.9 Å². The molecule has 0 aromatic carbocycles. The maximum atomic E-state index is 12.7. The van der Waals surface area contributed by atoms with E-state index in [9.17, 15) is 14.4 Å². The number of carbonyl (C=O) groups excluding carboxylic acids is 3. The van der Waals surface area contributed by atoms with Gasteiger partial charge >= 0.3 is 17.9 Å². The summed E-state index contributed by atoms with van der Waals surface area (Å²) in [6.07, 6.45) is 72.5. The van der Waals surface area contributed by atoms with Crippen molar-refractivity contribution in [2.24, 2.45) is 0 Å². The maximum absolute atomic E-state index is 12.7. The van der Waals surface area contributed by atoms with Gasteiger partial charge in [0, 0.05) is 19.3 Å². The van der Waals surface area contributed by atoms with Crippen LogP contribution in [0.25, 0.3) is 0 Å². The van der Waals surface area contributed by atoms with Gasteiger partial charge in [0.05, 0.1) is 0 Å². The Morgan fingerprint density at radius 2 is 0.591 bits per heavy atom. The Labute approximate surface area is 406 Å². The molecule has 0 aromatic rings. The van der Waals surface area contributed by atoms with Gasteiger partial charge in [-0.15, -0.1) is 0 Å². The molecule has 374 valence electrons. The van der Waals surface area contributed by atoms with Crippen molar-refractivity contribution in [3.8, 4) is 0 Å². The fourth-order valence-electron chi connectivity index (χ4n) is 6.98. The molecule has 0 rings (SSSR count). The number of unbranched alkanes of at least 4 members (excludes halogenated alkanes) is 18. The predicted octanol–water partition coefficient (Wildman–Crippen LogP) is 17.9. The lowest BCUT2D eigenvalue weighted by molar-refractivity contribution is -0.167. The van der Waals surface area contributed by atoms with Gasteiger partial charge in [-0.3, -0.25) is 14.4 Å². The van der Waals surface area contributed by atoms with Gasteiger partial charge in [-0.2, -0.15) is 0 Å². The van der Waals surface area contributed by atoms with Gasteiger partial charge in [0.2, 0.25) is 0 Å². The predicted molar refractivity (Wildman–Crippen MR) is 283 cm³/mol. The van der Waals surface area contributed by atoms with Gasteiger partial charge in [0.25, 0.3) is 0 Å². The summed E-state index contributed by atoms with van der Waals surface area (Å²) in [7, 11) is 0. The van der Waals surface area contributed by atoms with Crippen LogP contribution in [0.3, 0.4) is 0 Å². The molecule has 0 aliphatic heterocycles. The molecular formula is C60H98O6. The Hall–Kier alpha value is -3.93. The van der Waals surface area contributed by atoms with E-state index in [0.717, 1.165) is 135 Å². The number of esters is 3. The third-order valence-electron chi connectivity index (χ3n) is 11.0. The second-order valence-electron chi connectivity index (χ2n) is 17.4. The molecule has 0 bridgehead atoms. The number of allylic oxidation sites excluding steroid dienone is 18. The largest absolute Gasteiger partial charge is 0.462 e. The summed E-state index contributed by atoms with van der Waals surface area (Å²) in [5.74, 6) is -0.955. The average molecular weight is 915 g/mol. The average Bonchev–Trinajstić information content (AvgIpc) is 3.31. The van der Waals surface area contributed by atoms with Crippen molar-refractivity contribution in [3.05, 3.63) is 109 Å². The summed E-state index contributed by atoms with van der Waals surface area (Å²) in [4.78, 5) is 37.7. The van der Waals surface area contributed by atoms with Crippen molar-refractivity contribution >= 4 is 17.9 Å². The summed E-state index contributed by atoms with van der Waals surface area (Å²) in [5.41, 5.74) is 0. The molecule has 6 heteroatoms. The van der Waals surface area contributed by atoms with E-state index in [0.29, 0.717) is 19.3 Å². The van der Waals surface area contributed by atoms with E-state index in [4.69, 9.17) is 14.2 Å². The molecule has 0 amide bonds. The van der Waals surface area contributed by atoms with Crippen molar-refractivity contribution in [1.29, 1.82) is 0 Å². The fourth-order valence-corrected chi connectivity index (χ4v) is 6.98. The second kappa shape index (κ2) is 53.7. The Balaban J connectivity index is 4.25. The molecule has 0 spiro atoms. The summed E-state index contributed by atoms with van der Waals surface area (Å²) in [5, 5.41) is 0. The molecule has 0 aliphatic rings. The van der Waals surface area contributed by atoms with Gasteiger partial charge in [-0.05, 0) is 109 Å². The van der Waals surface area contributed by atoms with Gasteiger partial charge in [0.1, 0.15) is 13.2 Å². The van der Waals surface area contributed by atoms with Crippen molar-refractivity contribution < 1.29 is 28.6 Å². The van der Waals surface area contributed by atoms with Crippen molar-refractivity contribution in [2.75, 3.05) is 13.2 Å². The molecule has 0 aromatic heterocycles. The van der Waals surface area contributed by atoms with Crippen LogP contribution in [0.4, 0.5) is 0 Å². The molecule has 0 heterocycles. The van der Waals surface area contributed by atoms with Gasteiger partial charge < -0.3 is 14.2 Å². The first-order valence-corrected chi connectivity index (χ1v) is 26.9. The van der Waals surface area contributed by atoms with Crippen LogP contribution in [0.1, 0.15) is 233 Å². The van der Waals surface area contributed by atoms with E-state index in [1.165, 1.54) is 57.8 Å². The quantitative estimate of drug-likeness (QED) is 0.0262. The first kappa shape index (κ1) is 62.1. The Bertz CT molecular complexity index is 1370. The van der Waals surface area contributed by atoms with Crippen molar-refractivity contribution in [3.63, 3.8) is 0 Å². The third-order valence-corrected chi connectivity index (χ3v) is 11.0. The molecule has 0 saturated carbocycles.